The van der Waals surface area contributed by atoms with Gasteiger partial charge in [0.05, 0.1) is 10.6 Å². The zero-order valence-corrected chi connectivity index (χ0v) is 16.4. The van der Waals surface area contributed by atoms with Gasteiger partial charge in [0.15, 0.2) is 0 Å². The molecule has 1 fully saturated rings. The van der Waals surface area contributed by atoms with Gasteiger partial charge in [-0.2, -0.15) is 0 Å². The lowest BCUT2D eigenvalue weighted by molar-refractivity contribution is 0.0848. The number of carbonyl (C=O) groups excluding carboxylic acids is 2. The fourth-order valence-corrected chi connectivity index (χ4v) is 4.20. The average Bonchev–Trinajstić information content (AvgIpc) is 3.44. The van der Waals surface area contributed by atoms with Crippen LogP contribution in [0.1, 0.15) is 55.9 Å². The van der Waals surface area contributed by atoms with Gasteiger partial charge in [0.2, 0.25) is 0 Å². The number of aryl methyl sites for hydroxylation is 2. The number of nitrogens with zero attached hydrogens (tertiary/aromatic N) is 2. The van der Waals surface area contributed by atoms with Crippen LogP contribution in [0.25, 0.3) is 10.2 Å². The Kier molecular flexibility index (Phi) is 4.57. The average molecular weight is 401 g/mol. The molecule has 0 saturated heterocycles. The molecular formula is C19H17ClN4O2S. The second kappa shape index (κ2) is 6.90. The van der Waals surface area contributed by atoms with Crippen molar-refractivity contribution in [2.75, 3.05) is 0 Å². The van der Waals surface area contributed by atoms with Crippen LogP contribution in [0.15, 0.2) is 24.3 Å². The topological polar surface area (TPSA) is 84.0 Å². The van der Waals surface area contributed by atoms with Crippen molar-refractivity contribution in [1.29, 1.82) is 0 Å². The van der Waals surface area contributed by atoms with Gasteiger partial charge in [-0.15, -0.1) is 11.3 Å². The third-order valence-electron chi connectivity index (χ3n) is 4.53. The summed E-state index contributed by atoms with van der Waals surface area (Å²) in [6.45, 7) is 3.82. The Morgan fingerprint density at radius 2 is 1.74 bits per heavy atom. The molecule has 0 atom stereocenters. The zero-order valence-electron chi connectivity index (χ0n) is 14.8. The molecule has 0 bridgehead atoms. The highest BCUT2D eigenvalue weighted by atomic mass is 35.5. The van der Waals surface area contributed by atoms with Gasteiger partial charge in [-0.25, -0.2) is 9.97 Å². The Labute approximate surface area is 164 Å². The molecule has 2 heterocycles. The van der Waals surface area contributed by atoms with E-state index in [1.807, 2.05) is 13.8 Å². The molecule has 4 rings (SSSR count). The normalized spacial score (nSPS) is 13.6. The minimum Gasteiger partial charge on any atom is -0.267 e. The van der Waals surface area contributed by atoms with Crippen LogP contribution in [0, 0.1) is 13.8 Å². The van der Waals surface area contributed by atoms with Gasteiger partial charge >= 0.3 is 0 Å². The van der Waals surface area contributed by atoms with Crippen LogP contribution < -0.4 is 10.9 Å². The smallest absolute Gasteiger partial charge is 0.267 e. The first-order valence-electron chi connectivity index (χ1n) is 8.58. The minimum atomic E-state index is -0.411. The van der Waals surface area contributed by atoms with Gasteiger partial charge in [0.1, 0.15) is 10.7 Å². The predicted octanol–water partition coefficient (Wildman–Crippen LogP) is 3.91. The van der Waals surface area contributed by atoms with Crippen molar-refractivity contribution in [3.05, 3.63) is 56.8 Å². The van der Waals surface area contributed by atoms with Gasteiger partial charge in [0.25, 0.3) is 11.8 Å². The number of hydrogen-bond donors (Lipinski definition) is 2. The maximum Gasteiger partial charge on any atom is 0.280 e. The number of hydrazine groups is 1. The van der Waals surface area contributed by atoms with Crippen LogP contribution >= 0.6 is 22.9 Å². The molecule has 1 aliphatic carbocycles. The highest BCUT2D eigenvalue weighted by molar-refractivity contribution is 7.20. The Morgan fingerprint density at radius 3 is 2.41 bits per heavy atom. The SMILES string of the molecule is Cc1nc(C2CC2)nc2sc(C(=O)NNC(=O)c3ccc(Cl)cc3)c(C)c12. The summed E-state index contributed by atoms with van der Waals surface area (Å²) in [7, 11) is 0. The zero-order chi connectivity index (χ0) is 19.1. The summed E-state index contributed by atoms with van der Waals surface area (Å²) in [5, 5.41) is 1.46. The fourth-order valence-electron chi connectivity index (χ4n) is 2.94. The number of carbonyl (C=O) groups is 2. The molecule has 2 N–H and O–H groups in total. The van der Waals surface area contributed by atoms with Crippen molar-refractivity contribution >= 4 is 45.0 Å². The van der Waals surface area contributed by atoms with Crippen molar-refractivity contribution < 1.29 is 9.59 Å². The van der Waals surface area contributed by atoms with Crippen molar-refractivity contribution in [3.8, 4) is 0 Å². The summed E-state index contributed by atoms with van der Waals surface area (Å²) in [5.74, 6) is 0.534. The summed E-state index contributed by atoms with van der Waals surface area (Å²) in [6, 6.07) is 6.42. The van der Waals surface area contributed by atoms with E-state index in [-0.39, 0.29) is 5.91 Å². The Bertz CT molecular complexity index is 1060. The van der Waals surface area contributed by atoms with E-state index in [0.717, 1.165) is 40.1 Å². The summed E-state index contributed by atoms with van der Waals surface area (Å²) >= 11 is 7.14. The third-order valence-corrected chi connectivity index (χ3v) is 5.97. The summed E-state index contributed by atoms with van der Waals surface area (Å²) in [4.78, 5) is 35.3. The molecule has 0 unspecified atom stereocenters. The molecule has 1 aliphatic rings. The molecule has 0 spiro atoms. The number of thiophene rings is 1. The molecule has 1 aromatic carbocycles. The van der Waals surface area contributed by atoms with E-state index < -0.39 is 5.91 Å². The second-order valence-electron chi connectivity index (χ2n) is 6.59. The largest absolute Gasteiger partial charge is 0.280 e. The molecule has 2 aromatic heterocycles. The van der Waals surface area contributed by atoms with Gasteiger partial charge in [-0.1, -0.05) is 11.6 Å². The lowest BCUT2D eigenvalue weighted by Gasteiger charge is -2.07. The number of aromatic nitrogens is 2. The van der Waals surface area contributed by atoms with Crippen molar-refractivity contribution in [1.82, 2.24) is 20.8 Å². The molecule has 0 radical (unpaired) electrons. The predicted molar refractivity (Wildman–Crippen MR) is 105 cm³/mol. The van der Waals surface area contributed by atoms with Crippen LogP contribution in [0.3, 0.4) is 0 Å². The molecule has 2 amide bonds. The number of amides is 2. The first-order chi connectivity index (χ1) is 12.9. The minimum absolute atomic E-state index is 0.370. The molecule has 3 aromatic rings. The molecule has 27 heavy (non-hydrogen) atoms. The second-order valence-corrected chi connectivity index (χ2v) is 8.03. The van der Waals surface area contributed by atoms with E-state index in [2.05, 4.69) is 20.8 Å². The number of hydrogen-bond acceptors (Lipinski definition) is 5. The maximum absolute atomic E-state index is 12.6. The summed E-state index contributed by atoms with van der Waals surface area (Å²) < 4.78 is 0. The molecular weight excluding hydrogens is 384 g/mol. The van der Waals surface area contributed by atoms with E-state index in [0.29, 0.717) is 21.4 Å². The number of benzene rings is 1. The molecule has 0 aliphatic heterocycles. The van der Waals surface area contributed by atoms with Crippen molar-refractivity contribution in [2.24, 2.45) is 0 Å². The number of rotatable bonds is 3. The van der Waals surface area contributed by atoms with Crippen LogP contribution in [-0.2, 0) is 0 Å². The van der Waals surface area contributed by atoms with Crippen molar-refractivity contribution in [3.63, 3.8) is 0 Å². The van der Waals surface area contributed by atoms with Crippen molar-refractivity contribution in [2.45, 2.75) is 32.6 Å². The maximum atomic E-state index is 12.6. The van der Waals surface area contributed by atoms with Gasteiger partial charge in [-0.3, -0.25) is 20.4 Å². The standard InChI is InChI=1S/C19H17ClN4O2S/c1-9-14-10(2)21-16(11-3-4-11)22-19(14)27-15(9)18(26)24-23-17(25)12-5-7-13(20)8-6-12/h5-8,11H,3-4H2,1-2H3,(H,23,25)(H,24,26). The van der Waals surface area contributed by atoms with Gasteiger partial charge in [0, 0.05) is 21.9 Å². The molecule has 1 saturated carbocycles. The van der Waals surface area contributed by atoms with E-state index in [1.54, 1.807) is 24.3 Å². The Hall–Kier alpha value is -2.51. The van der Waals surface area contributed by atoms with Crippen LogP contribution in [0.5, 0.6) is 0 Å². The number of nitrogens with one attached hydrogen (secondary N) is 2. The summed E-state index contributed by atoms with van der Waals surface area (Å²) in [6.07, 6.45) is 2.25. The van der Waals surface area contributed by atoms with Gasteiger partial charge < -0.3 is 0 Å². The number of fused-ring (bicyclic) bond motifs is 1. The van der Waals surface area contributed by atoms with Crippen LogP contribution in [0.4, 0.5) is 0 Å². The van der Waals surface area contributed by atoms with Crippen LogP contribution in [0.2, 0.25) is 5.02 Å². The lowest BCUT2D eigenvalue weighted by Crippen LogP contribution is -2.41. The van der Waals surface area contributed by atoms with E-state index in [4.69, 9.17) is 11.6 Å². The highest BCUT2D eigenvalue weighted by Crippen LogP contribution is 2.40. The Balaban J connectivity index is 1.53. The quantitative estimate of drug-likeness (QED) is 0.653. The first kappa shape index (κ1) is 17.9. The molecule has 138 valence electrons. The highest BCUT2D eigenvalue weighted by Gasteiger charge is 2.28. The third kappa shape index (κ3) is 3.52. The fraction of sp³-hybridized carbons (Fsp3) is 0.263. The molecule has 6 nitrogen and oxygen atoms in total. The van der Waals surface area contributed by atoms with E-state index in [9.17, 15) is 9.59 Å². The lowest BCUT2D eigenvalue weighted by atomic mass is 10.1. The Morgan fingerprint density at radius 1 is 1.07 bits per heavy atom. The van der Waals surface area contributed by atoms with E-state index >= 15 is 0 Å². The summed E-state index contributed by atoms with van der Waals surface area (Å²) in [5.41, 5.74) is 7.03. The van der Waals surface area contributed by atoms with E-state index in [1.165, 1.54) is 11.3 Å². The first-order valence-corrected chi connectivity index (χ1v) is 9.77. The molecule has 8 heteroatoms. The van der Waals surface area contributed by atoms with Gasteiger partial charge in [-0.05, 0) is 56.5 Å². The monoisotopic (exact) mass is 400 g/mol. The number of halogens is 1. The van der Waals surface area contributed by atoms with Crippen LogP contribution in [-0.4, -0.2) is 21.8 Å².